The Balaban J connectivity index is 1.63. The highest BCUT2D eigenvalue weighted by atomic mass is 35.5. The molecule has 0 saturated carbocycles. The number of nitrogens with one attached hydrogen (secondary N) is 1. The number of rotatable bonds is 5. The van der Waals surface area contributed by atoms with Crippen molar-refractivity contribution < 1.29 is 4.74 Å². The second kappa shape index (κ2) is 8.02. The first-order valence-electron chi connectivity index (χ1n) is 8.64. The molecule has 0 aliphatic heterocycles. The van der Waals surface area contributed by atoms with Crippen LogP contribution < -0.4 is 10.3 Å². The molecule has 0 unspecified atom stereocenters. The minimum Gasteiger partial charge on any atom is -0.497 e. The van der Waals surface area contributed by atoms with Crippen LogP contribution in [0.1, 0.15) is 5.69 Å². The Morgan fingerprint density at radius 3 is 2.52 bits per heavy atom. The highest BCUT2D eigenvalue weighted by molar-refractivity contribution is 7.12. The number of benzene rings is 2. The van der Waals surface area contributed by atoms with Crippen LogP contribution >= 0.6 is 22.9 Å². The standard InChI is InChI=1S/C20H16ClN5O2S/c1-12-18(24-23-15-7-5-14(21)6-8-15)19(27)26(25-12)20-22-17(11-29-20)13-3-9-16(28-2)10-4-13/h3-11,25H,1-2H3. The minimum atomic E-state index is -0.309. The number of H-pyrrole nitrogens is 1. The van der Waals surface area contributed by atoms with Gasteiger partial charge in [-0.2, -0.15) is 9.80 Å². The summed E-state index contributed by atoms with van der Waals surface area (Å²) in [4.78, 5) is 17.4. The van der Waals surface area contributed by atoms with E-state index < -0.39 is 0 Å². The van der Waals surface area contributed by atoms with Crippen LogP contribution in [0, 0.1) is 6.92 Å². The van der Waals surface area contributed by atoms with Crippen molar-refractivity contribution in [2.45, 2.75) is 6.92 Å². The zero-order valence-corrected chi connectivity index (χ0v) is 17.2. The summed E-state index contributed by atoms with van der Waals surface area (Å²) in [6.07, 6.45) is 0. The van der Waals surface area contributed by atoms with E-state index in [1.54, 1.807) is 38.3 Å². The SMILES string of the molecule is COc1ccc(-c2csc(-n3[nH]c(C)c(N=Nc4ccc(Cl)cc4)c3=O)n2)cc1. The summed E-state index contributed by atoms with van der Waals surface area (Å²) in [5, 5.41) is 14.3. The van der Waals surface area contributed by atoms with Gasteiger partial charge in [0.25, 0.3) is 0 Å². The summed E-state index contributed by atoms with van der Waals surface area (Å²) in [7, 11) is 1.62. The fraction of sp³-hybridized carbons (Fsp3) is 0.100. The lowest BCUT2D eigenvalue weighted by Crippen LogP contribution is -2.13. The Labute approximate surface area is 175 Å². The van der Waals surface area contributed by atoms with Crippen LogP contribution in [0.3, 0.4) is 0 Å². The Morgan fingerprint density at radius 2 is 1.83 bits per heavy atom. The van der Waals surface area contributed by atoms with Crippen molar-refractivity contribution in [1.29, 1.82) is 0 Å². The molecule has 2 heterocycles. The second-order valence-corrected chi connectivity index (χ2v) is 7.42. The molecule has 1 N–H and O–H groups in total. The lowest BCUT2D eigenvalue weighted by atomic mass is 10.2. The number of nitrogens with zero attached hydrogens (tertiary/aromatic N) is 4. The molecule has 9 heteroatoms. The minimum absolute atomic E-state index is 0.237. The van der Waals surface area contributed by atoms with Gasteiger partial charge in [-0.15, -0.1) is 16.5 Å². The summed E-state index contributed by atoms with van der Waals surface area (Å²) in [6, 6.07) is 14.5. The van der Waals surface area contributed by atoms with Gasteiger partial charge in [-0.25, -0.2) is 4.98 Å². The molecule has 29 heavy (non-hydrogen) atoms. The third kappa shape index (κ3) is 3.98. The van der Waals surface area contributed by atoms with Gasteiger partial charge in [-0.05, 0) is 55.5 Å². The number of hydrogen-bond acceptors (Lipinski definition) is 6. The number of aryl methyl sites for hydroxylation is 1. The summed E-state index contributed by atoms with van der Waals surface area (Å²) < 4.78 is 6.56. The van der Waals surface area contributed by atoms with Crippen LogP contribution in [-0.4, -0.2) is 21.9 Å². The van der Waals surface area contributed by atoms with Crippen LogP contribution in [0.2, 0.25) is 5.02 Å². The first-order valence-corrected chi connectivity index (χ1v) is 9.90. The molecule has 0 radical (unpaired) electrons. The maximum atomic E-state index is 12.8. The Hall–Kier alpha value is -3.23. The van der Waals surface area contributed by atoms with Gasteiger partial charge >= 0.3 is 5.56 Å². The summed E-state index contributed by atoms with van der Waals surface area (Å²) in [5.41, 5.74) is 2.85. The quantitative estimate of drug-likeness (QED) is 0.418. The molecule has 4 aromatic rings. The van der Waals surface area contributed by atoms with Crippen molar-refractivity contribution >= 4 is 34.3 Å². The van der Waals surface area contributed by atoms with Crippen LogP contribution in [0.5, 0.6) is 5.75 Å². The van der Waals surface area contributed by atoms with Crippen molar-refractivity contribution in [3.8, 4) is 22.1 Å². The van der Waals surface area contributed by atoms with Crippen LogP contribution in [-0.2, 0) is 0 Å². The fourth-order valence-corrected chi connectivity index (χ4v) is 3.58. The number of halogens is 1. The lowest BCUT2D eigenvalue weighted by Gasteiger charge is -2.00. The number of aromatic amines is 1. The smallest absolute Gasteiger partial charge is 0.301 e. The van der Waals surface area contributed by atoms with Gasteiger partial charge in [0.15, 0.2) is 5.69 Å². The fourth-order valence-electron chi connectivity index (χ4n) is 2.67. The monoisotopic (exact) mass is 425 g/mol. The normalized spacial score (nSPS) is 11.3. The number of methoxy groups -OCH3 is 1. The molecule has 0 bridgehead atoms. The summed E-state index contributed by atoms with van der Waals surface area (Å²) in [6.45, 7) is 1.77. The van der Waals surface area contributed by atoms with E-state index in [0.29, 0.717) is 21.5 Å². The molecule has 0 atom stereocenters. The van der Waals surface area contributed by atoms with E-state index in [1.165, 1.54) is 16.0 Å². The molecule has 0 amide bonds. The molecule has 0 spiro atoms. The molecule has 4 rings (SSSR count). The van der Waals surface area contributed by atoms with Gasteiger partial charge in [-0.3, -0.25) is 9.89 Å². The number of thiazole rings is 1. The molecule has 0 aliphatic carbocycles. The van der Waals surface area contributed by atoms with Crippen LogP contribution in [0.25, 0.3) is 16.4 Å². The average molecular weight is 426 g/mol. The Kier molecular flexibility index (Phi) is 5.28. The molecule has 2 aromatic carbocycles. The molecule has 2 aromatic heterocycles. The van der Waals surface area contributed by atoms with E-state index >= 15 is 0 Å². The van der Waals surface area contributed by atoms with E-state index in [2.05, 4.69) is 20.3 Å². The first-order chi connectivity index (χ1) is 14.0. The zero-order valence-electron chi connectivity index (χ0n) is 15.6. The number of azo groups is 1. The maximum Gasteiger partial charge on any atom is 0.301 e. The zero-order chi connectivity index (χ0) is 20.4. The lowest BCUT2D eigenvalue weighted by molar-refractivity contribution is 0.415. The predicted molar refractivity (Wildman–Crippen MR) is 114 cm³/mol. The predicted octanol–water partition coefficient (Wildman–Crippen LogP) is 5.67. The van der Waals surface area contributed by atoms with Gasteiger partial charge in [-0.1, -0.05) is 11.6 Å². The Bertz CT molecular complexity index is 1220. The summed E-state index contributed by atoms with van der Waals surface area (Å²) >= 11 is 7.23. The van der Waals surface area contributed by atoms with Crippen LogP contribution in [0.4, 0.5) is 11.4 Å². The van der Waals surface area contributed by atoms with Crippen molar-refractivity contribution in [2.24, 2.45) is 10.2 Å². The number of ether oxygens (including phenoxy) is 1. The molecule has 0 aliphatic rings. The van der Waals surface area contributed by atoms with Gasteiger partial charge in [0.05, 0.1) is 24.2 Å². The van der Waals surface area contributed by atoms with Crippen molar-refractivity contribution in [1.82, 2.24) is 14.8 Å². The van der Waals surface area contributed by atoms with Crippen molar-refractivity contribution in [3.05, 3.63) is 75.0 Å². The second-order valence-electron chi connectivity index (χ2n) is 6.15. The molecule has 0 fully saturated rings. The van der Waals surface area contributed by atoms with E-state index in [0.717, 1.165) is 17.0 Å². The maximum absolute atomic E-state index is 12.8. The summed E-state index contributed by atoms with van der Waals surface area (Å²) in [5.74, 6) is 0.774. The van der Waals surface area contributed by atoms with Crippen molar-refractivity contribution in [3.63, 3.8) is 0 Å². The molecule has 7 nitrogen and oxygen atoms in total. The van der Waals surface area contributed by atoms with E-state index in [4.69, 9.17) is 16.3 Å². The third-order valence-corrected chi connectivity index (χ3v) is 5.28. The van der Waals surface area contributed by atoms with E-state index in [9.17, 15) is 4.79 Å². The van der Waals surface area contributed by atoms with Gasteiger partial charge in [0, 0.05) is 16.0 Å². The van der Waals surface area contributed by atoms with E-state index in [1.807, 2.05) is 29.6 Å². The highest BCUT2D eigenvalue weighted by Crippen LogP contribution is 2.26. The first kappa shape index (κ1) is 19.1. The van der Waals surface area contributed by atoms with E-state index in [-0.39, 0.29) is 11.2 Å². The topological polar surface area (TPSA) is 84.6 Å². The van der Waals surface area contributed by atoms with Gasteiger partial charge < -0.3 is 4.74 Å². The third-order valence-electron chi connectivity index (χ3n) is 4.20. The van der Waals surface area contributed by atoms with Crippen molar-refractivity contribution in [2.75, 3.05) is 7.11 Å². The molecular weight excluding hydrogens is 410 g/mol. The number of aromatic nitrogens is 3. The highest BCUT2D eigenvalue weighted by Gasteiger charge is 2.15. The van der Waals surface area contributed by atoms with Gasteiger partial charge in [0.2, 0.25) is 5.13 Å². The Morgan fingerprint density at radius 1 is 1.10 bits per heavy atom. The molecule has 0 saturated heterocycles. The average Bonchev–Trinajstić information content (AvgIpc) is 3.33. The largest absolute Gasteiger partial charge is 0.497 e. The molecular formula is C20H16ClN5O2S. The van der Waals surface area contributed by atoms with Gasteiger partial charge in [0.1, 0.15) is 5.75 Å². The molecule has 146 valence electrons. The number of hydrogen-bond donors (Lipinski definition) is 1. The van der Waals surface area contributed by atoms with Crippen LogP contribution in [0.15, 0.2) is 68.9 Å².